The lowest BCUT2D eigenvalue weighted by atomic mass is 10.3. The number of para-hydroxylation sites is 1. The van der Waals surface area contributed by atoms with Gasteiger partial charge in [-0.1, -0.05) is 24.3 Å². The van der Waals surface area contributed by atoms with Gasteiger partial charge < -0.3 is 4.90 Å². The quantitative estimate of drug-likeness (QED) is 0.530. The fourth-order valence-electron chi connectivity index (χ4n) is 1.36. The normalized spacial score (nSPS) is 10.5. The zero-order chi connectivity index (χ0) is 12.8. The van der Waals surface area contributed by atoms with Crippen LogP contribution in [0.1, 0.15) is 4.88 Å². The highest BCUT2D eigenvalue weighted by molar-refractivity contribution is 7.80. The minimum absolute atomic E-state index is 0.564. The lowest BCUT2D eigenvalue weighted by Crippen LogP contribution is -2.34. The molecule has 1 N–H and O–H groups in total. The number of benzene rings is 1. The van der Waals surface area contributed by atoms with Crippen molar-refractivity contribution in [3.05, 3.63) is 52.7 Å². The smallest absolute Gasteiger partial charge is 0.193 e. The Kier molecular flexibility index (Phi) is 4.44. The van der Waals surface area contributed by atoms with E-state index in [0.29, 0.717) is 5.11 Å². The summed E-state index contributed by atoms with van der Waals surface area (Å²) in [6.07, 6.45) is 1.76. The summed E-state index contributed by atoms with van der Waals surface area (Å²) in [5, 5.41) is 6.69. The number of anilines is 1. The number of thiophene rings is 1. The van der Waals surface area contributed by atoms with Gasteiger partial charge in [0, 0.05) is 17.6 Å². The molecule has 0 amide bonds. The topological polar surface area (TPSA) is 27.6 Å². The van der Waals surface area contributed by atoms with Crippen LogP contribution in [-0.2, 0) is 0 Å². The molecule has 0 atom stereocenters. The van der Waals surface area contributed by atoms with Gasteiger partial charge in [-0.2, -0.15) is 5.10 Å². The van der Waals surface area contributed by atoms with Crippen LogP contribution in [0.4, 0.5) is 5.69 Å². The van der Waals surface area contributed by atoms with Crippen LogP contribution in [-0.4, -0.2) is 18.4 Å². The van der Waals surface area contributed by atoms with E-state index in [-0.39, 0.29) is 0 Å². The van der Waals surface area contributed by atoms with E-state index in [1.54, 1.807) is 17.6 Å². The van der Waals surface area contributed by atoms with Crippen LogP contribution in [0.3, 0.4) is 0 Å². The van der Waals surface area contributed by atoms with Gasteiger partial charge >= 0.3 is 0 Å². The van der Waals surface area contributed by atoms with E-state index < -0.39 is 0 Å². The van der Waals surface area contributed by atoms with Crippen LogP contribution in [0, 0.1) is 0 Å². The molecule has 3 nitrogen and oxygen atoms in total. The van der Waals surface area contributed by atoms with Crippen molar-refractivity contribution in [3.63, 3.8) is 0 Å². The summed E-state index contributed by atoms with van der Waals surface area (Å²) in [5.41, 5.74) is 3.88. The molecule has 1 aromatic heterocycles. The Hall–Kier alpha value is -1.72. The summed E-state index contributed by atoms with van der Waals surface area (Å²) >= 11 is 6.89. The largest absolute Gasteiger partial charge is 0.321 e. The Morgan fingerprint density at radius 3 is 2.72 bits per heavy atom. The fourth-order valence-corrected chi connectivity index (χ4v) is 2.10. The maximum atomic E-state index is 5.26. The van der Waals surface area contributed by atoms with Gasteiger partial charge in [-0.15, -0.1) is 11.3 Å². The number of hydrogen-bond acceptors (Lipinski definition) is 3. The average molecular weight is 275 g/mol. The molecular weight excluding hydrogens is 262 g/mol. The first kappa shape index (κ1) is 12.7. The summed E-state index contributed by atoms with van der Waals surface area (Å²) in [6, 6.07) is 13.9. The molecule has 0 aliphatic heterocycles. The second-order valence-electron chi connectivity index (χ2n) is 3.59. The predicted octanol–water partition coefficient (Wildman–Crippen LogP) is 3.09. The Morgan fingerprint density at radius 2 is 2.06 bits per heavy atom. The highest BCUT2D eigenvalue weighted by Crippen LogP contribution is 2.10. The number of rotatable bonds is 3. The first-order chi connectivity index (χ1) is 8.77. The van der Waals surface area contributed by atoms with Crippen molar-refractivity contribution in [3.8, 4) is 0 Å². The average Bonchev–Trinajstić information content (AvgIpc) is 2.92. The van der Waals surface area contributed by atoms with Gasteiger partial charge in [0.05, 0.1) is 6.21 Å². The van der Waals surface area contributed by atoms with E-state index in [9.17, 15) is 0 Å². The van der Waals surface area contributed by atoms with E-state index >= 15 is 0 Å². The lowest BCUT2D eigenvalue weighted by molar-refractivity contribution is 1.01. The van der Waals surface area contributed by atoms with E-state index in [1.807, 2.05) is 59.8 Å². The van der Waals surface area contributed by atoms with Gasteiger partial charge in [0.25, 0.3) is 0 Å². The third-order valence-corrected chi connectivity index (χ3v) is 3.52. The SMILES string of the molecule is CN(C(=S)N/N=C\c1cccs1)c1ccccc1. The second-order valence-corrected chi connectivity index (χ2v) is 4.95. The molecule has 92 valence electrons. The number of nitrogens with zero attached hydrogens (tertiary/aromatic N) is 2. The van der Waals surface area contributed by atoms with Gasteiger partial charge in [0.15, 0.2) is 5.11 Å². The molecule has 0 saturated heterocycles. The van der Waals surface area contributed by atoms with E-state index in [1.165, 1.54) is 0 Å². The molecule has 2 aromatic rings. The maximum Gasteiger partial charge on any atom is 0.193 e. The molecule has 0 aliphatic rings. The highest BCUT2D eigenvalue weighted by atomic mass is 32.1. The van der Waals surface area contributed by atoms with Crippen LogP contribution in [0.15, 0.2) is 52.9 Å². The van der Waals surface area contributed by atoms with Crippen molar-refractivity contribution >= 4 is 40.6 Å². The van der Waals surface area contributed by atoms with Crippen molar-refractivity contribution in [2.24, 2.45) is 5.10 Å². The minimum Gasteiger partial charge on any atom is -0.321 e. The van der Waals surface area contributed by atoms with Crippen molar-refractivity contribution in [1.29, 1.82) is 0 Å². The molecule has 1 aromatic carbocycles. The Morgan fingerprint density at radius 1 is 1.28 bits per heavy atom. The van der Waals surface area contributed by atoms with Crippen molar-refractivity contribution in [1.82, 2.24) is 5.43 Å². The monoisotopic (exact) mass is 275 g/mol. The first-order valence-corrected chi connectivity index (χ1v) is 6.71. The van der Waals surface area contributed by atoms with Gasteiger partial charge in [-0.05, 0) is 35.8 Å². The van der Waals surface area contributed by atoms with Gasteiger partial charge in [-0.3, -0.25) is 5.43 Å². The van der Waals surface area contributed by atoms with E-state index in [0.717, 1.165) is 10.6 Å². The number of thiocarbonyl (C=S) groups is 1. The van der Waals surface area contributed by atoms with E-state index in [4.69, 9.17) is 12.2 Å². The Bertz CT molecular complexity index is 520. The third-order valence-electron chi connectivity index (χ3n) is 2.34. The van der Waals surface area contributed by atoms with Crippen molar-refractivity contribution < 1.29 is 0 Å². The zero-order valence-electron chi connectivity index (χ0n) is 9.91. The molecule has 2 rings (SSSR count). The van der Waals surface area contributed by atoms with Crippen LogP contribution in [0.25, 0.3) is 0 Å². The molecule has 18 heavy (non-hydrogen) atoms. The molecule has 0 saturated carbocycles. The summed E-state index contributed by atoms with van der Waals surface area (Å²) in [6.45, 7) is 0. The molecule has 0 spiro atoms. The molecule has 0 bridgehead atoms. The summed E-state index contributed by atoms with van der Waals surface area (Å²) in [7, 11) is 1.91. The standard InChI is InChI=1S/C13H13N3S2/c1-16(11-6-3-2-4-7-11)13(17)15-14-10-12-8-5-9-18-12/h2-10H,1H3,(H,15,17)/b14-10-. The molecule has 0 fully saturated rings. The first-order valence-electron chi connectivity index (χ1n) is 5.42. The van der Waals surface area contributed by atoms with Crippen LogP contribution >= 0.6 is 23.6 Å². The lowest BCUT2D eigenvalue weighted by Gasteiger charge is -2.18. The summed E-state index contributed by atoms with van der Waals surface area (Å²) < 4.78 is 0. The van der Waals surface area contributed by atoms with Gasteiger partial charge in [-0.25, -0.2) is 0 Å². The Balaban J connectivity index is 1.92. The molecule has 0 radical (unpaired) electrons. The highest BCUT2D eigenvalue weighted by Gasteiger charge is 2.04. The number of hydrogen-bond donors (Lipinski definition) is 1. The van der Waals surface area contributed by atoms with Crippen LogP contribution in [0.5, 0.6) is 0 Å². The summed E-state index contributed by atoms with van der Waals surface area (Å²) in [5.74, 6) is 0. The minimum atomic E-state index is 0.564. The Labute approximate surface area is 116 Å². The van der Waals surface area contributed by atoms with Crippen LogP contribution < -0.4 is 10.3 Å². The fraction of sp³-hybridized carbons (Fsp3) is 0.0769. The van der Waals surface area contributed by atoms with Crippen LogP contribution in [0.2, 0.25) is 0 Å². The number of nitrogens with one attached hydrogen (secondary N) is 1. The number of hydrazone groups is 1. The maximum absolute atomic E-state index is 5.26. The molecular formula is C13H13N3S2. The summed E-state index contributed by atoms with van der Waals surface area (Å²) in [4.78, 5) is 2.97. The molecule has 1 heterocycles. The molecule has 0 aliphatic carbocycles. The van der Waals surface area contributed by atoms with Crippen molar-refractivity contribution in [2.75, 3.05) is 11.9 Å². The predicted molar refractivity (Wildman–Crippen MR) is 82.5 cm³/mol. The molecule has 5 heteroatoms. The van der Waals surface area contributed by atoms with Crippen molar-refractivity contribution in [2.45, 2.75) is 0 Å². The van der Waals surface area contributed by atoms with Gasteiger partial charge in [0.2, 0.25) is 0 Å². The third kappa shape index (κ3) is 3.38. The molecule has 0 unspecified atom stereocenters. The zero-order valence-corrected chi connectivity index (χ0v) is 11.5. The van der Waals surface area contributed by atoms with Gasteiger partial charge in [0.1, 0.15) is 0 Å². The van der Waals surface area contributed by atoms with E-state index in [2.05, 4.69) is 10.5 Å². The second kappa shape index (κ2) is 6.28.